The number of thiazole rings is 1. The number of fused-ring (bicyclic) bond motifs is 1. The molecular weight excluding hydrogens is 266 g/mol. The molecule has 1 atom stereocenters. The number of hydrogen-bond acceptors (Lipinski definition) is 4. The lowest BCUT2D eigenvalue weighted by molar-refractivity contribution is 0.418. The van der Waals surface area contributed by atoms with Crippen molar-refractivity contribution in [2.45, 2.75) is 58.9 Å². The third-order valence-electron chi connectivity index (χ3n) is 4.53. The monoisotopic (exact) mass is 293 g/mol. The van der Waals surface area contributed by atoms with Crippen molar-refractivity contribution in [3.63, 3.8) is 0 Å². The van der Waals surface area contributed by atoms with Gasteiger partial charge in [-0.25, -0.2) is 4.98 Å². The molecule has 2 aliphatic rings. The number of aryl methyl sites for hydroxylation is 1. The van der Waals surface area contributed by atoms with Crippen LogP contribution in [-0.2, 0) is 6.42 Å². The summed E-state index contributed by atoms with van der Waals surface area (Å²) in [6, 6.07) is 0.556. The molecule has 1 unspecified atom stereocenters. The Morgan fingerprint density at radius 1 is 1.45 bits per heavy atom. The van der Waals surface area contributed by atoms with Crippen LogP contribution in [0.5, 0.6) is 0 Å². The molecule has 112 valence electrons. The summed E-state index contributed by atoms with van der Waals surface area (Å²) in [5.41, 5.74) is 1.82. The maximum atomic E-state index is 4.96. The average molecular weight is 293 g/mol. The molecule has 1 aliphatic heterocycles. The van der Waals surface area contributed by atoms with Gasteiger partial charge >= 0.3 is 0 Å². The van der Waals surface area contributed by atoms with Gasteiger partial charge in [0.25, 0.3) is 0 Å². The lowest BCUT2D eigenvalue weighted by Gasteiger charge is -2.22. The van der Waals surface area contributed by atoms with E-state index in [1.54, 1.807) is 0 Å². The molecular formula is C16H27N3S. The Hall–Kier alpha value is -0.610. The van der Waals surface area contributed by atoms with Gasteiger partial charge < -0.3 is 10.2 Å². The van der Waals surface area contributed by atoms with Crippen LogP contribution in [0.4, 0.5) is 5.13 Å². The lowest BCUT2D eigenvalue weighted by Crippen LogP contribution is -2.24. The van der Waals surface area contributed by atoms with Gasteiger partial charge in [0.15, 0.2) is 5.13 Å². The van der Waals surface area contributed by atoms with Crippen molar-refractivity contribution in [2.24, 2.45) is 5.41 Å². The summed E-state index contributed by atoms with van der Waals surface area (Å²) < 4.78 is 0. The van der Waals surface area contributed by atoms with E-state index in [1.165, 1.54) is 54.4 Å². The number of rotatable bonds is 4. The number of aromatic nitrogens is 1. The maximum absolute atomic E-state index is 4.96. The Morgan fingerprint density at radius 3 is 3.00 bits per heavy atom. The van der Waals surface area contributed by atoms with E-state index < -0.39 is 0 Å². The highest BCUT2D eigenvalue weighted by atomic mass is 32.1. The van der Waals surface area contributed by atoms with E-state index in [1.807, 2.05) is 11.3 Å². The first-order chi connectivity index (χ1) is 9.59. The summed E-state index contributed by atoms with van der Waals surface area (Å²) >= 11 is 1.94. The first kappa shape index (κ1) is 14.3. The second kappa shape index (κ2) is 5.64. The van der Waals surface area contributed by atoms with E-state index in [9.17, 15) is 0 Å². The zero-order valence-corrected chi connectivity index (χ0v) is 13.9. The smallest absolute Gasteiger partial charge is 0.185 e. The minimum absolute atomic E-state index is 0.450. The third-order valence-corrected chi connectivity index (χ3v) is 5.80. The minimum Gasteiger partial charge on any atom is -0.348 e. The Labute approximate surface area is 126 Å². The van der Waals surface area contributed by atoms with E-state index in [0.29, 0.717) is 11.5 Å². The summed E-state index contributed by atoms with van der Waals surface area (Å²) in [6.07, 6.45) is 6.23. The SMILES string of the molecule is CCCNC1CCCc2nc(N3CCC(C)(C)C3)sc21. The number of nitrogens with one attached hydrogen (secondary N) is 1. The highest BCUT2D eigenvalue weighted by Crippen LogP contribution is 2.40. The quantitative estimate of drug-likeness (QED) is 0.916. The van der Waals surface area contributed by atoms with Gasteiger partial charge in [-0.05, 0) is 44.1 Å². The molecule has 0 amide bonds. The summed E-state index contributed by atoms with van der Waals surface area (Å²) in [7, 11) is 0. The topological polar surface area (TPSA) is 28.2 Å². The first-order valence-corrected chi connectivity index (χ1v) is 8.88. The molecule has 1 fully saturated rings. The summed E-state index contributed by atoms with van der Waals surface area (Å²) in [5, 5.41) is 4.97. The second-order valence-electron chi connectivity index (χ2n) is 7.04. The van der Waals surface area contributed by atoms with Crippen LogP contribution < -0.4 is 10.2 Å². The van der Waals surface area contributed by atoms with Crippen molar-refractivity contribution >= 4 is 16.5 Å². The van der Waals surface area contributed by atoms with Crippen LogP contribution in [0.2, 0.25) is 0 Å². The van der Waals surface area contributed by atoms with Crippen molar-refractivity contribution in [3.8, 4) is 0 Å². The highest BCUT2D eigenvalue weighted by molar-refractivity contribution is 7.15. The van der Waals surface area contributed by atoms with Crippen LogP contribution >= 0.6 is 11.3 Å². The zero-order valence-electron chi connectivity index (χ0n) is 13.0. The Balaban J connectivity index is 1.77. The van der Waals surface area contributed by atoms with Crippen LogP contribution in [0, 0.1) is 5.41 Å². The molecule has 1 aromatic rings. The normalized spacial score (nSPS) is 24.9. The average Bonchev–Trinajstić information content (AvgIpc) is 2.99. The lowest BCUT2D eigenvalue weighted by atomic mass is 9.93. The van der Waals surface area contributed by atoms with E-state index >= 15 is 0 Å². The first-order valence-electron chi connectivity index (χ1n) is 8.07. The zero-order chi connectivity index (χ0) is 14.2. The van der Waals surface area contributed by atoms with Gasteiger partial charge in [-0.3, -0.25) is 0 Å². The fourth-order valence-electron chi connectivity index (χ4n) is 3.33. The van der Waals surface area contributed by atoms with Gasteiger partial charge in [-0.1, -0.05) is 32.1 Å². The number of anilines is 1. The summed E-state index contributed by atoms with van der Waals surface area (Å²) in [6.45, 7) is 10.4. The second-order valence-corrected chi connectivity index (χ2v) is 8.05. The molecule has 1 aromatic heterocycles. The van der Waals surface area contributed by atoms with Crippen molar-refractivity contribution in [1.29, 1.82) is 0 Å². The van der Waals surface area contributed by atoms with Crippen LogP contribution in [0.15, 0.2) is 0 Å². The molecule has 0 aromatic carbocycles. The van der Waals surface area contributed by atoms with Crippen molar-refractivity contribution in [2.75, 3.05) is 24.5 Å². The van der Waals surface area contributed by atoms with Gasteiger partial charge in [0, 0.05) is 24.0 Å². The fourth-order valence-corrected chi connectivity index (χ4v) is 4.58. The van der Waals surface area contributed by atoms with Gasteiger partial charge in [0.2, 0.25) is 0 Å². The molecule has 20 heavy (non-hydrogen) atoms. The van der Waals surface area contributed by atoms with E-state index in [2.05, 4.69) is 31.0 Å². The highest BCUT2D eigenvalue weighted by Gasteiger charge is 2.32. The molecule has 3 rings (SSSR count). The molecule has 0 bridgehead atoms. The molecule has 0 radical (unpaired) electrons. The Morgan fingerprint density at radius 2 is 2.30 bits per heavy atom. The van der Waals surface area contributed by atoms with Crippen LogP contribution in [0.3, 0.4) is 0 Å². The number of nitrogens with zero attached hydrogens (tertiary/aromatic N) is 2. The maximum Gasteiger partial charge on any atom is 0.185 e. The predicted molar refractivity (Wildman–Crippen MR) is 86.7 cm³/mol. The van der Waals surface area contributed by atoms with Crippen molar-refractivity contribution in [1.82, 2.24) is 10.3 Å². The molecule has 1 aliphatic carbocycles. The van der Waals surface area contributed by atoms with E-state index in [4.69, 9.17) is 4.98 Å². The summed E-state index contributed by atoms with van der Waals surface area (Å²) in [5.74, 6) is 0. The van der Waals surface area contributed by atoms with Gasteiger partial charge in [0.05, 0.1) is 5.69 Å². The van der Waals surface area contributed by atoms with Crippen molar-refractivity contribution < 1.29 is 0 Å². The predicted octanol–water partition coefficient (Wildman–Crippen LogP) is 3.76. The van der Waals surface area contributed by atoms with Crippen LogP contribution in [-0.4, -0.2) is 24.6 Å². The molecule has 4 heteroatoms. The van der Waals surface area contributed by atoms with Crippen LogP contribution in [0.25, 0.3) is 0 Å². The van der Waals surface area contributed by atoms with Crippen molar-refractivity contribution in [3.05, 3.63) is 10.6 Å². The van der Waals surface area contributed by atoms with E-state index in [-0.39, 0.29) is 0 Å². The van der Waals surface area contributed by atoms with Gasteiger partial charge in [0.1, 0.15) is 0 Å². The Bertz CT molecular complexity index is 466. The molecule has 0 saturated carbocycles. The number of hydrogen-bond donors (Lipinski definition) is 1. The third kappa shape index (κ3) is 2.86. The molecule has 2 heterocycles. The molecule has 1 saturated heterocycles. The van der Waals surface area contributed by atoms with E-state index in [0.717, 1.165) is 13.1 Å². The molecule has 0 spiro atoms. The largest absolute Gasteiger partial charge is 0.348 e. The molecule has 3 nitrogen and oxygen atoms in total. The van der Waals surface area contributed by atoms with Gasteiger partial charge in [-0.2, -0.15) is 0 Å². The summed E-state index contributed by atoms with van der Waals surface area (Å²) in [4.78, 5) is 8.98. The van der Waals surface area contributed by atoms with Crippen LogP contribution in [0.1, 0.15) is 63.1 Å². The fraction of sp³-hybridized carbons (Fsp3) is 0.812. The molecule has 1 N–H and O–H groups in total. The Kier molecular flexibility index (Phi) is 4.04. The van der Waals surface area contributed by atoms with Gasteiger partial charge in [-0.15, -0.1) is 0 Å². The minimum atomic E-state index is 0.450. The standard InChI is InChI=1S/C16H27N3S/c1-4-9-17-12-6-5-7-13-14(12)20-15(18-13)19-10-8-16(2,3)11-19/h12,17H,4-11H2,1-3H3.